The molecule has 0 aliphatic carbocycles. The minimum Gasteiger partial charge on any atom is -0.376 e. The maximum absolute atomic E-state index is 12.5. The van der Waals surface area contributed by atoms with Crippen LogP contribution in [0, 0.1) is 0 Å². The van der Waals surface area contributed by atoms with E-state index in [1.807, 2.05) is 6.92 Å². The van der Waals surface area contributed by atoms with Crippen molar-refractivity contribution in [1.29, 1.82) is 0 Å². The zero-order valence-electron chi connectivity index (χ0n) is 11.8. The Morgan fingerprint density at radius 3 is 2.62 bits per heavy atom. The van der Waals surface area contributed by atoms with E-state index in [9.17, 15) is 16.8 Å². The van der Waals surface area contributed by atoms with E-state index in [4.69, 9.17) is 4.74 Å². The molecule has 1 fully saturated rings. The molecule has 9 heteroatoms. The van der Waals surface area contributed by atoms with Gasteiger partial charge in [0.2, 0.25) is 20.0 Å². The van der Waals surface area contributed by atoms with Gasteiger partial charge in [-0.15, -0.1) is 0 Å². The summed E-state index contributed by atoms with van der Waals surface area (Å²) in [6.45, 7) is 2.73. The highest BCUT2D eigenvalue weighted by Crippen LogP contribution is 2.22. The lowest BCUT2D eigenvalue weighted by Gasteiger charge is -2.30. The van der Waals surface area contributed by atoms with Crippen LogP contribution in [0.2, 0.25) is 0 Å². The number of rotatable bonds is 4. The summed E-state index contributed by atoms with van der Waals surface area (Å²) in [5.74, 6) is 0. The first-order valence-corrected chi connectivity index (χ1v) is 9.71. The van der Waals surface area contributed by atoms with E-state index in [-0.39, 0.29) is 29.8 Å². The smallest absolute Gasteiger partial charge is 0.243 e. The van der Waals surface area contributed by atoms with E-state index in [2.05, 4.69) is 4.72 Å². The Morgan fingerprint density at radius 2 is 2.00 bits per heavy atom. The predicted molar refractivity (Wildman–Crippen MR) is 79.1 cm³/mol. The highest BCUT2D eigenvalue weighted by atomic mass is 32.2. The number of benzene rings is 1. The van der Waals surface area contributed by atoms with E-state index < -0.39 is 20.0 Å². The van der Waals surface area contributed by atoms with Crippen molar-refractivity contribution in [3.8, 4) is 0 Å². The Labute approximate surface area is 125 Å². The van der Waals surface area contributed by atoms with Crippen LogP contribution in [-0.2, 0) is 24.8 Å². The largest absolute Gasteiger partial charge is 0.376 e. The van der Waals surface area contributed by atoms with Gasteiger partial charge in [0.05, 0.1) is 23.9 Å². The lowest BCUT2D eigenvalue weighted by Crippen LogP contribution is -2.44. The molecule has 1 aromatic carbocycles. The third-order valence-corrected chi connectivity index (χ3v) is 5.45. The second-order valence-corrected chi connectivity index (χ2v) is 8.63. The fraction of sp³-hybridized carbons (Fsp3) is 0.500. The Kier molecular flexibility index (Phi) is 4.57. The quantitative estimate of drug-likeness (QED) is 0.864. The molecule has 1 aliphatic heterocycles. The lowest BCUT2D eigenvalue weighted by atomic mass is 10.3. The maximum Gasteiger partial charge on any atom is 0.243 e. The fourth-order valence-electron chi connectivity index (χ4n) is 2.09. The van der Waals surface area contributed by atoms with Gasteiger partial charge in [-0.1, -0.05) is 6.07 Å². The van der Waals surface area contributed by atoms with Crippen LogP contribution in [0.15, 0.2) is 29.2 Å². The summed E-state index contributed by atoms with van der Waals surface area (Å²) in [6.07, 6.45) is 0.850. The molecule has 0 spiro atoms. The third kappa shape index (κ3) is 4.16. The van der Waals surface area contributed by atoms with Gasteiger partial charge in [0, 0.05) is 18.8 Å². The molecule has 0 bridgehead atoms. The average Bonchev–Trinajstić information content (AvgIpc) is 2.37. The van der Waals surface area contributed by atoms with Gasteiger partial charge in [0.15, 0.2) is 0 Å². The molecule has 2 rings (SSSR count). The molecule has 1 aromatic rings. The number of morpholine rings is 1. The molecule has 118 valence electrons. The van der Waals surface area contributed by atoms with Gasteiger partial charge in [-0.25, -0.2) is 16.8 Å². The van der Waals surface area contributed by atoms with Gasteiger partial charge in [0.1, 0.15) is 0 Å². The second kappa shape index (κ2) is 5.91. The number of hydrogen-bond acceptors (Lipinski definition) is 5. The molecule has 0 aromatic heterocycles. The monoisotopic (exact) mass is 334 g/mol. The average molecular weight is 334 g/mol. The predicted octanol–water partition coefficient (Wildman–Crippen LogP) is 0.468. The van der Waals surface area contributed by atoms with Crippen LogP contribution in [0.4, 0.5) is 5.69 Å². The Morgan fingerprint density at radius 1 is 1.29 bits per heavy atom. The van der Waals surface area contributed by atoms with E-state index >= 15 is 0 Å². The normalized spacial score (nSPS) is 21.1. The topological polar surface area (TPSA) is 92.8 Å². The number of sulfonamides is 2. The summed E-state index contributed by atoms with van der Waals surface area (Å²) in [4.78, 5) is 0.0604. The molecule has 1 atom stereocenters. The highest BCUT2D eigenvalue weighted by molar-refractivity contribution is 7.92. The zero-order chi connectivity index (χ0) is 15.7. The van der Waals surface area contributed by atoms with Crippen molar-refractivity contribution < 1.29 is 21.6 Å². The second-order valence-electron chi connectivity index (χ2n) is 4.95. The SMILES string of the molecule is CC1CN(S(=O)(=O)c2cccc(NS(C)(=O)=O)c2)CCO1. The summed E-state index contributed by atoms with van der Waals surface area (Å²) >= 11 is 0. The first kappa shape index (κ1) is 16.2. The number of ether oxygens (including phenoxy) is 1. The maximum atomic E-state index is 12.5. The van der Waals surface area contributed by atoms with Crippen molar-refractivity contribution in [1.82, 2.24) is 4.31 Å². The molecule has 1 aliphatic rings. The zero-order valence-corrected chi connectivity index (χ0v) is 13.4. The van der Waals surface area contributed by atoms with E-state index in [1.54, 1.807) is 0 Å². The number of hydrogen-bond donors (Lipinski definition) is 1. The van der Waals surface area contributed by atoms with Crippen LogP contribution in [-0.4, -0.2) is 53.2 Å². The van der Waals surface area contributed by atoms with Crippen molar-refractivity contribution in [2.75, 3.05) is 30.7 Å². The Balaban J connectivity index is 2.30. The Bertz CT molecular complexity index is 715. The number of nitrogens with zero attached hydrogens (tertiary/aromatic N) is 1. The lowest BCUT2D eigenvalue weighted by molar-refractivity contribution is 0.0102. The molecular formula is C12H18N2O5S2. The first-order chi connectivity index (χ1) is 9.68. The summed E-state index contributed by atoms with van der Waals surface area (Å²) in [7, 11) is -7.11. The van der Waals surface area contributed by atoms with Gasteiger partial charge < -0.3 is 4.74 Å². The molecule has 7 nitrogen and oxygen atoms in total. The van der Waals surface area contributed by atoms with Crippen LogP contribution < -0.4 is 4.72 Å². The van der Waals surface area contributed by atoms with Gasteiger partial charge in [0.25, 0.3) is 0 Å². The third-order valence-electron chi connectivity index (χ3n) is 2.98. The molecule has 1 heterocycles. The van der Waals surface area contributed by atoms with Gasteiger partial charge in [-0.3, -0.25) is 4.72 Å². The van der Waals surface area contributed by atoms with Crippen LogP contribution in [0.5, 0.6) is 0 Å². The summed E-state index contributed by atoms with van der Waals surface area (Å²) in [6, 6.07) is 5.77. The Hall–Kier alpha value is -1.16. The van der Waals surface area contributed by atoms with E-state index in [0.29, 0.717) is 6.61 Å². The van der Waals surface area contributed by atoms with Gasteiger partial charge in [-0.05, 0) is 25.1 Å². The minimum atomic E-state index is -3.65. The van der Waals surface area contributed by atoms with Crippen molar-refractivity contribution >= 4 is 25.7 Å². The molecule has 0 radical (unpaired) electrons. The minimum absolute atomic E-state index is 0.0604. The van der Waals surface area contributed by atoms with Crippen LogP contribution in [0.25, 0.3) is 0 Å². The van der Waals surface area contributed by atoms with E-state index in [1.165, 1.54) is 28.6 Å². The summed E-state index contributed by atoms with van der Waals surface area (Å²) in [5.41, 5.74) is 0.222. The van der Waals surface area contributed by atoms with Crippen molar-refractivity contribution in [3.63, 3.8) is 0 Å². The molecular weight excluding hydrogens is 316 g/mol. The van der Waals surface area contributed by atoms with Crippen LogP contribution in [0.3, 0.4) is 0 Å². The molecule has 1 N–H and O–H groups in total. The molecule has 1 unspecified atom stereocenters. The fourth-order valence-corrected chi connectivity index (χ4v) is 4.19. The molecule has 1 saturated heterocycles. The summed E-state index contributed by atoms with van der Waals surface area (Å²) in [5, 5.41) is 0. The van der Waals surface area contributed by atoms with Gasteiger partial charge in [-0.2, -0.15) is 4.31 Å². The first-order valence-electron chi connectivity index (χ1n) is 6.38. The van der Waals surface area contributed by atoms with Crippen molar-refractivity contribution in [2.24, 2.45) is 0 Å². The molecule has 21 heavy (non-hydrogen) atoms. The van der Waals surface area contributed by atoms with Crippen molar-refractivity contribution in [3.05, 3.63) is 24.3 Å². The highest BCUT2D eigenvalue weighted by Gasteiger charge is 2.29. The number of nitrogens with one attached hydrogen (secondary N) is 1. The van der Waals surface area contributed by atoms with Gasteiger partial charge >= 0.3 is 0 Å². The van der Waals surface area contributed by atoms with E-state index in [0.717, 1.165) is 6.26 Å². The molecule has 0 amide bonds. The number of anilines is 1. The van der Waals surface area contributed by atoms with Crippen LogP contribution in [0.1, 0.15) is 6.92 Å². The van der Waals surface area contributed by atoms with Crippen LogP contribution >= 0.6 is 0 Å². The molecule has 0 saturated carbocycles. The van der Waals surface area contributed by atoms with Crippen molar-refractivity contribution in [2.45, 2.75) is 17.9 Å². The standard InChI is InChI=1S/C12H18N2O5S2/c1-10-9-14(6-7-19-10)21(17,18)12-5-3-4-11(8-12)13-20(2,15)16/h3-5,8,10,13H,6-7,9H2,1-2H3. The summed E-state index contributed by atoms with van der Waals surface area (Å²) < 4.78 is 56.5.